The monoisotopic (exact) mass is 192 g/mol. The van der Waals surface area contributed by atoms with E-state index in [-0.39, 0.29) is 5.78 Å². The van der Waals surface area contributed by atoms with Crippen LogP contribution in [0.25, 0.3) is 0 Å². The van der Waals surface area contributed by atoms with Crippen LogP contribution in [0.2, 0.25) is 0 Å². The number of hydrogen-bond acceptors (Lipinski definition) is 4. The van der Waals surface area contributed by atoms with Gasteiger partial charge in [0.2, 0.25) is 6.40 Å². The second-order valence-corrected chi connectivity index (χ2v) is 2.98. The van der Waals surface area contributed by atoms with E-state index in [1.807, 2.05) is 13.0 Å². The van der Waals surface area contributed by atoms with Gasteiger partial charge in [0.05, 0.1) is 5.69 Å². The van der Waals surface area contributed by atoms with Crippen molar-refractivity contribution in [3.63, 3.8) is 0 Å². The summed E-state index contributed by atoms with van der Waals surface area (Å²) >= 11 is 0. The normalized spacial score (nSPS) is 9.29. The first-order valence-electron chi connectivity index (χ1n) is 4.16. The van der Waals surface area contributed by atoms with Gasteiger partial charge in [-0.25, -0.2) is 5.48 Å². The fourth-order valence-electron chi connectivity index (χ4n) is 1.14. The van der Waals surface area contributed by atoms with Gasteiger partial charge in [-0.2, -0.15) is 0 Å². The van der Waals surface area contributed by atoms with Gasteiger partial charge >= 0.3 is 0 Å². The predicted octanol–water partition coefficient (Wildman–Crippen LogP) is 2.15. The highest BCUT2D eigenvalue weighted by atomic mass is 16.6. The van der Waals surface area contributed by atoms with E-state index in [0.29, 0.717) is 11.3 Å². The first-order chi connectivity index (χ1) is 6.63. The molecule has 0 saturated heterocycles. The van der Waals surface area contributed by atoms with Gasteiger partial charge in [-0.05, 0) is 37.6 Å². The van der Waals surface area contributed by atoms with E-state index in [1.165, 1.54) is 6.92 Å². The summed E-state index contributed by atoms with van der Waals surface area (Å²) in [6.07, 6.45) is 0.787. The number of hydrogen-bond donors (Lipinski definition) is 2. The second kappa shape index (κ2) is 4.41. The van der Waals surface area contributed by atoms with Gasteiger partial charge in [-0.1, -0.05) is 0 Å². The number of aryl methyl sites for hydroxylation is 1. The number of benzene rings is 1. The topological polar surface area (TPSA) is 62.2 Å². The van der Waals surface area contributed by atoms with Gasteiger partial charge < -0.3 is 4.84 Å². The highest BCUT2D eigenvalue weighted by Crippen LogP contribution is 2.14. The summed E-state index contributed by atoms with van der Waals surface area (Å²) in [4.78, 5) is 15.7. The number of Topliss-reactive ketones (excluding diaryl/α,β-unsaturated/α-hetero) is 1. The lowest BCUT2D eigenvalue weighted by atomic mass is 10.1. The molecule has 0 aliphatic heterocycles. The van der Waals surface area contributed by atoms with E-state index >= 15 is 0 Å². The first-order valence-corrected chi connectivity index (χ1v) is 4.16. The van der Waals surface area contributed by atoms with Gasteiger partial charge in [0.1, 0.15) is 0 Å². The molecule has 0 aromatic heterocycles. The van der Waals surface area contributed by atoms with Crippen molar-refractivity contribution in [1.82, 2.24) is 0 Å². The third-order valence-corrected chi connectivity index (χ3v) is 1.72. The van der Waals surface area contributed by atoms with E-state index in [1.54, 1.807) is 12.1 Å². The zero-order chi connectivity index (χ0) is 10.6. The van der Waals surface area contributed by atoms with Crippen LogP contribution in [-0.2, 0) is 4.84 Å². The molecule has 4 nitrogen and oxygen atoms in total. The quantitative estimate of drug-likeness (QED) is 0.332. The third-order valence-electron chi connectivity index (χ3n) is 1.72. The smallest absolute Gasteiger partial charge is 0.201 e. The molecular weight excluding hydrogens is 180 g/mol. The van der Waals surface area contributed by atoms with E-state index in [2.05, 4.69) is 10.3 Å². The fraction of sp³-hybridized carbons (Fsp3) is 0.200. The van der Waals surface area contributed by atoms with E-state index in [4.69, 9.17) is 5.41 Å². The number of ketones is 1. The van der Waals surface area contributed by atoms with Crippen LogP contribution in [0.3, 0.4) is 0 Å². The number of nitrogens with one attached hydrogen (secondary N) is 2. The van der Waals surface area contributed by atoms with E-state index in [0.717, 1.165) is 12.0 Å². The fourth-order valence-corrected chi connectivity index (χ4v) is 1.14. The van der Waals surface area contributed by atoms with E-state index < -0.39 is 0 Å². The Kier molecular flexibility index (Phi) is 3.23. The Morgan fingerprint density at radius 2 is 2.21 bits per heavy atom. The Labute approximate surface area is 82.4 Å². The minimum atomic E-state index is 0.00611. The summed E-state index contributed by atoms with van der Waals surface area (Å²) in [5.74, 6) is 0.00611. The van der Waals surface area contributed by atoms with Crippen LogP contribution in [0.4, 0.5) is 5.69 Å². The highest BCUT2D eigenvalue weighted by molar-refractivity contribution is 5.95. The lowest BCUT2D eigenvalue weighted by molar-refractivity contribution is 0.101. The number of anilines is 1. The molecule has 1 aromatic rings. The summed E-state index contributed by atoms with van der Waals surface area (Å²) in [6.45, 7) is 3.40. The molecule has 0 heterocycles. The van der Waals surface area contributed by atoms with Crippen molar-refractivity contribution in [2.24, 2.45) is 0 Å². The molecule has 0 radical (unpaired) electrons. The predicted molar refractivity (Wildman–Crippen MR) is 54.7 cm³/mol. The summed E-state index contributed by atoms with van der Waals surface area (Å²) in [7, 11) is 0. The summed E-state index contributed by atoms with van der Waals surface area (Å²) in [5, 5.41) is 6.67. The van der Waals surface area contributed by atoms with Crippen LogP contribution in [0.5, 0.6) is 0 Å². The molecular formula is C10H12N2O2. The SMILES string of the molecule is CC(=O)c1cc(C)cc(NOC=N)c1. The molecule has 0 fully saturated rings. The first kappa shape index (κ1) is 10.2. The molecule has 1 aromatic carbocycles. The van der Waals surface area contributed by atoms with E-state index in [9.17, 15) is 4.79 Å². The lowest BCUT2D eigenvalue weighted by Crippen LogP contribution is -2.01. The number of rotatable bonds is 4. The molecule has 0 bridgehead atoms. The van der Waals surface area contributed by atoms with Crippen molar-refractivity contribution in [3.05, 3.63) is 29.3 Å². The van der Waals surface area contributed by atoms with Crippen LogP contribution in [0.1, 0.15) is 22.8 Å². The third kappa shape index (κ3) is 2.58. The lowest BCUT2D eigenvalue weighted by Gasteiger charge is -2.06. The summed E-state index contributed by atoms with van der Waals surface area (Å²) in [5.41, 5.74) is 4.79. The Morgan fingerprint density at radius 1 is 1.50 bits per heavy atom. The maximum Gasteiger partial charge on any atom is 0.201 e. The number of carbonyl (C=O) groups is 1. The van der Waals surface area contributed by atoms with Crippen molar-refractivity contribution in [2.75, 3.05) is 5.48 Å². The largest absolute Gasteiger partial charge is 0.370 e. The molecule has 2 N–H and O–H groups in total. The zero-order valence-electron chi connectivity index (χ0n) is 8.13. The Morgan fingerprint density at radius 3 is 2.79 bits per heavy atom. The summed E-state index contributed by atoms with van der Waals surface area (Å²) < 4.78 is 0. The second-order valence-electron chi connectivity index (χ2n) is 2.98. The molecule has 0 aliphatic carbocycles. The minimum absolute atomic E-state index is 0.00611. The molecule has 0 aliphatic rings. The average molecular weight is 192 g/mol. The minimum Gasteiger partial charge on any atom is -0.370 e. The van der Waals surface area contributed by atoms with Crippen LogP contribution >= 0.6 is 0 Å². The van der Waals surface area contributed by atoms with Gasteiger partial charge in [-0.15, -0.1) is 0 Å². The highest BCUT2D eigenvalue weighted by Gasteiger charge is 2.02. The molecule has 0 amide bonds. The van der Waals surface area contributed by atoms with Gasteiger partial charge in [0, 0.05) is 5.56 Å². The maximum atomic E-state index is 11.1. The molecule has 1 rings (SSSR count). The Hall–Kier alpha value is -1.84. The van der Waals surface area contributed by atoms with Gasteiger partial charge in [-0.3, -0.25) is 10.2 Å². The van der Waals surface area contributed by atoms with Crippen molar-refractivity contribution >= 4 is 17.9 Å². The molecule has 0 spiro atoms. The molecule has 74 valence electrons. The van der Waals surface area contributed by atoms with Gasteiger partial charge in [0.25, 0.3) is 0 Å². The van der Waals surface area contributed by atoms with Crippen molar-refractivity contribution in [3.8, 4) is 0 Å². The van der Waals surface area contributed by atoms with Crippen molar-refractivity contribution < 1.29 is 9.63 Å². The van der Waals surface area contributed by atoms with Crippen molar-refractivity contribution in [1.29, 1.82) is 5.41 Å². The van der Waals surface area contributed by atoms with Crippen molar-refractivity contribution in [2.45, 2.75) is 13.8 Å². The molecule has 4 heteroatoms. The zero-order valence-corrected chi connectivity index (χ0v) is 8.13. The van der Waals surface area contributed by atoms with Gasteiger partial charge in [0.15, 0.2) is 5.78 Å². The molecule has 0 saturated carbocycles. The standard InChI is InChI=1S/C10H12N2O2/c1-7-3-9(8(2)13)5-10(4-7)12-14-6-11/h3-6,11-12H,1-2H3. The Balaban J connectivity index is 2.94. The number of carbonyl (C=O) groups excluding carboxylic acids is 1. The molecule has 14 heavy (non-hydrogen) atoms. The molecule has 0 atom stereocenters. The van der Waals surface area contributed by atoms with Crippen LogP contribution in [0.15, 0.2) is 18.2 Å². The summed E-state index contributed by atoms with van der Waals surface area (Å²) in [6, 6.07) is 5.31. The van der Waals surface area contributed by atoms with Crippen LogP contribution < -0.4 is 5.48 Å². The average Bonchev–Trinajstić information content (AvgIpc) is 2.14. The maximum absolute atomic E-state index is 11.1. The molecule has 0 unspecified atom stereocenters. The van der Waals surface area contributed by atoms with Crippen LogP contribution in [0, 0.1) is 12.3 Å². The van der Waals surface area contributed by atoms with Crippen LogP contribution in [-0.4, -0.2) is 12.2 Å². The Bertz CT molecular complexity index is 361.